The monoisotopic (exact) mass is 565 g/mol. The highest BCUT2D eigenvalue weighted by Gasteiger charge is 2.28. The average Bonchev–Trinajstić information content (AvgIpc) is 3.53. The topological polar surface area (TPSA) is 164 Å². The van der Waals surface area contributed by atoms with Gasteiger partial charge in [0.2, 0.25) is 10.0 Å². The smallest absolute Gasteiger partial charge is 0.270 e. The lowest BCUT2D eigenvalue weighted by Gasteiger charge is -2.14. The Morgan fingerprint density at radius 2 is 1.66 bits per heavy atom. The molecule has 0 amide bonds. The Morgan fingerprint density at radius 1 is 0.974 bits per heavy atom. The first-order valence-electron chi connectivity index (χ1n) is 11.3. The van der Waals surface area contributed by atoms with Crippen LogP contribution in [0, 0.1) is 0 Å². The Bertz CT molecular complexity index is 1640. The number of hydrogen-bond acceptors (Lipinski definition) is 10. The molecule has 0 fully saturated rings. The van der Waals surface area contributed by atoms with Crippen LogP contribution < -0.4 is 23.7 Å². The molecule has 2 N–H and O–H groups in total. The summed E-state index contributed by atoms with van der Waals surface area (Å²) >= 11 is 0. The van der Waals surface area contributed by atoms with Gasteiger partial charge in [-0.3, -0.25) is 9.40 Å². The summed E-state index contributed by atoms with van der Waals surface area (Å²) in [5.74, 6) is 0.440. The molecule has 0 spiro atoms. The summed E-state index contributed by atoms with van der Waals surface area (Å²) < 4.78 is 77.9. The molecule has 0 saturated heterocycles. The summed E-state index contributed by atoms with van der Waals surface area (Å²) in [5, 5.41) is 8.51. The fraction of sp³-hybridized carbons (Fsp3) is 0.304. The van der Waals surface area contributed by atoms with E-state index in [1.807, 2.05) is 0 Å². The molecule has 4 rings (SSSR count). The van der Waals surface area contributed by atoms with Crippen LogP contribution in [0.3, 0.4) is 0 Å². The molecular weight excluding hydrogens is 538 g/mol. The third kappa shape index (κ3) is 5.69. The molecule has 15 heteroatoms. The highest BCUT2D eigenvalue weighted by molar-refractivity contribution is 7.93. The van der Waals surface area contributed by atoms with Gasteiger partial charge in [-0.1, -0.05) is 11.2 Å². The van der Waals surface area contributed by atoms with Gasteiger partial charge < -0.3 is 18.7 Å². The Labute approximate surface area is 219 Å². The first-order valence-corrected chi connectivity index (χ1v) is 14.4. The van der Waals surface area contributed by atoms with Gasteiger partial charge in [-0.05, 0) is 36.8 Å². The molecule has 2 heterocycles. The Balaban J connectivity index is 1.61. The lowest BCUT2D eigenvalue weighted by molar-refractivity contribution is 0.373. The normalized spacial score (nSPS) is 12.0. The average molecular weight is 566 g/mol. The predicted octanol–water partition coefficient (Wildman–Crippen LogP) is 2.34. The van der Waals surface area contributed by atoms with E-state index in [-0.39, 0.29) is 40.1 Å². The lowest BCUT2D eigenvalue weighted by Crippen LogP contribution is -2.24. The van der Waals surface area contributed by atoms with E-state index in [0.717, 1.165) is 5.56 Å². The molecule has 0 atom stereocenters. The molecule has 0 radical (unpaired) electrons. The SMILES string of the molecule is CCS(=O)(=O)NCc1cnn(Cc2cc(OC)c3c(NS(=O)(=O)c4c(OC)cccc4OC)noc3c2)c1. The van der Waals surface area contributed by atoms with Crippen LogP contribution in [0.1, 0.15) is 18.1 Å². The van der Waals surface area contributed by atoms with Crippen molar-refractivity contribution in [2.24, 2.45) is 0 Å². The van der Waals surface area contributed by atoms with Crippen LogP contribution in [-0.2, 0) is 33.1 Å². The van der Waals surface area contributed by atoms with Gasteiger partial charge in [0.05, 0.1) is 39.8 Å². The second kappa shape index (κ2) is 10.9. The molecule has 0 aliphatic carbocycles. The van der Waals surface area contributed by atoms with Crippen molar-refractivity contribution in [2.75, 3.05) is 31.8 Å². The van der Waals surface area contributed by atoms with Crippen LogP contribution in [0.5, 0.6) is 17.2 Å². The van der Waals surface area contributed by atoms with Crippen LogP contribution in [0.4, 0.5) is 5.82 Å². The van der Waals surface area contributed by atoms with Gasteiger partial charge in [-0.2, -0.15) is 5.10 Å². The number of rotatable bonds is 12. The molecule has 2 aromatic heterocycles. The largest absolute Gasteiger partial charge is 0.496 e. The highest BCUT2D eigenvalue weighted by atomic mass is 32.2. The molecule has 4 aromatic rings. The van der Waals surface area contributed by atoms with E-state index >= 15 is 0 Å². The maximum Gasteiger partial charge on any atom is 0.270 e. The number of nitrogens with zero attached hydrogens (tertiary/aromatic N) is 3. The minimum Gasteiger partial charge on any atom is -0.496 e. The zero-order chi connectivity index (χ0) is 27.5. The predicted molar refractivity (Wildman–Crippen MR) is 139 cm³/mol. The number of hydrogen-bond donors (Lipinski definition) is 2. The van der Waals surface area contributed by atoms with E-state index in [4.69, 9.17) is 18.7 Å². The molecule has 0 unspecified atom stereocenters. The van der Waals surface area contributed by atoms with Crippen molar-refractivity contribution < 1.29 is 35.6 Å². The number of methoxy groups -OCH3 is 3. The van der Waals surface area contributed by atoms with Crippen LogP contribution in [0.25, 0.3) is 11.0 Å². The molecule has 38 heavy (non-hydrogen) atoms. The minimum absolute atomic E-state index is 0.0112. The molecule has 204 valence electrons. The standard InChI is InChI=1S/C23H27N5O8S2/c1-5-37(29,30)25-12-16-11-24-28(14-16)13-15-9-19(35-4)21-20(10-15)36-26-23(21)27-38(31,32)22-17(33-2)7-6-8-18(22)34-3/h6-11,14,25H,5,12-13H2,1-4H3,(H,26,27). The molecule has 0 saturated carbocycles. The van der Waals surface area contributed by atoms with Gasteiger partial charge in [0, 0.05) is 18.3 Å². The van der Waals surface area contributed by atoms with Crippen molar-refractivity contribution >= 4 is 36.8 Å². The van der Waals surface area contributed by atoms with Crippen molar-refractivity contribution in [3.63, 3.8) is 0 Å². The van der Waals surface area contributed by atoms with E-state index in [0.29, 0.717) is 23.2 Å². The molecule has 0 aliphatic rings. The van der Waals surface area contributed by atoms with Crippen molar-refractivity contribution in [2.45, 2.75) is 24.9 Å². The summed E-state index contributed by atoms with van der Waals surface area (Å²) in [5.41, 5.74) is 1.71. The van der Waals surface area contributed by atoms with Gasteiger partial charge in [0.1, 0.15) is 22.6 Å². The maximum absolute atomic E-state index is 13.3. The van der Waals surface area contributed by atoms with Crippen molar-refractivity contribution in [1.29, 1.82) is 0 Å². The van der Waals surface area contributed by atoms with Gasteiger partial charge in [-0.15, -0.1) is 0 Å². The highest BCUT2D eigenvalue weighted by Crippen LogP contribution is 2.38. The van der Waals surface area contributed by atoms with Crippen molar-refractivity contribution in [3.8, 4) is 17.2 Å². The van der Waals surface area contributed by atoms with E-state index in [2.05, 4.69) is 19.7 Å². The molecule has 13 nitrogen and oxygen atoms in total. The van der Waals surface area contributed by atoms with E-state index in [1.54, 1.807) is 42.2 Å². The van der Waals surface area contributed by atoms with Crippen LogP contribution in [0.2, 0.25) is 0 Å². The Hall–Kier alpha value is -3.82. The third-order valence-corrected chi connectivity index (χ3v) is 8.35. The lowest BCUT2D eigenvalue weighted by atomic mass is 10.1. The fourth-order valence-corrected chi connectivity index (χ4v) is 5.66. The first-order chi connectivity index (χ1) is 18.1. The van der Waals surface area contributed by atoms with Gasteiger partial charge in [-0.25, -0.2) is 21.6 Å². The third-order valence-electron chi connectivity index (χ3n) is 5.61. The number of aromatic nitrogens is 3. The zero-order valence-corrected chi connectivity index (χ0v) is 22.7. The number of fused-ring (bicyclic) bond motifs is 1. The van der Waals surface area contributed by atoms with Crippen LogP contribution in [0.15, 0.2) is 52.1 Å². The van der Waals surface area contributed by atoms with Crippen molar-refractivity contribution in [1.82, 2.24) is 19.7 Å². The second-order valence-corrected chi connectivity index (χ2v) is 11.8. The van der Waals surface area contributed by atoms with E-state index in [9.17, 15) is 16.8 Å². The fourth-order valence-electron chi connectivity index (χ4n) is 3.74. The summed E-state index contributed by atoms with van der Waals surface area (Å²) in [7, 11) is -3.37. The van der Waals surface area contributed by atoms with Crippen LogP contribution in [-0.4, -0.2) is 58.9 Å². The number of anilines is 1. The zero-order valence-electron chi connectivity index (χ0n) is 21.1. The number of benzene rings is 2. The first kappa shape index (κ1) is 27.2. The van der Waals surface area contributed by atoms with Gasteiger partial charge in [0.15, 0.2) is 16.3 Å². The number of ether oxygens (including phenoxy) is 3. The van der Waals surface area contributed by atoms with Gasteiger partial charge >= 0.3 is 0 Å². The number of nitrogens with one attached hydrogen (secondary N) is 2. The van der Waals surface area contributed by atoms with E-state index < -0.39 is 20.0 Å². The Morgan fingerprint density at radius 3 is 2.29 bits per heavy atom. The molecule has 0 aliphatic heterocycles. The van der Waals surface area contributed by atoms with Gasteiger partial charge in [0.25, 0.3) is 10.0 Å². The quantitative estimate of drug-likeness (QED) is 0.260. The summed E-state index contributed by atoms with van der Waals surface area (Å²) in [6, 6.07) is 8.02. The second-order valence-electron chi connectivity index (χ2n) is 8.07. The van der Waals surface area contributed by atoms with Crippen molar-refractivity contribution in [3.05, 3.63) is 53.9 Å². The van der Waals surface area contributed by atoms with Crippen LogP contribution >= 0.6 is 0 Å². The summed E-state index contributed by atoms with van der Waals surface area (Å²) in [6.07, 6.45) is 3.29. The number of sulfonamides is 2. The van der Waals surface area contributed by atoms with E-state index in [1.165, 1.54) is 33.5 Å². The molecule has 0 bridgehead atoms. The summed E-state index contributed by atoms with van der Waals surface area (Å²) in [4.78, 5) is -0.188. The minimum atomic E-state index is -4.20. The molecular formula is C23H27N5O8S2. The Kier molecular flexibility index (Phi) is 7.80. The molecule has 2 aromatic carbocycles. The maximum atomic E-state index is 13.3. The summed E-state index contributed by atoms with van der Waals surface area (Å²) in [6.45, 7) is 2.00.